The summed E-state index contributed by atoms with van der Waals surface area (Å²) in [6, 6.07) is 6.09. The van der Waals surface area contributed by atoms with Crippen LogP contribution in [0.1, 0.15) is 28.8 Å². The van der Waals surface area contributed by atoms with Gasteiger partial charge < -0.3 is 10.1 Å². The Morgan fingerprint density at radius 1 is 1.43 bits per heavy atom. The smallest absolute Gasteiger partial charge is 0.105 e. The van der Waals surface area contributed by atoms with Gasteiger partial charge in [-0.15, -0.1) is 17.5 Å². The number of nitrogens with zero attached hydrogens (tertiary/aromatic N) is 4. The van der Waals surface area contributed by atoms with Gasteiger partial charge in [-0.3, -0.25) is 9.67 Å². The Balaban J connectivity index is 0.00000161. The Kier molecular flexibility index (Phi) is 5.27. The molecule has 0 saturated heterocycles. The van der Waals surface area contributed by atoms with E-state index in [-0.39, 0.29) is 18.4 Å². The second-order valence-electron chi connectivity index (χ2n) is 5.09. The molecular formula is C14H20ClN5O. The average molecular weight is 310 g/mol. The van der Waals surface area contributed by atoms with E-state index in [1.165, 1.54) is 5.69 Å². The van der Waals surface area contributed by atoms with E-state index in [4.69, 9.17) is 4.74 Å². The van der Waals surface area contributed by atoms with E-state index < -0.39 is 0 Å². The first-order chi connectivity index (χ1) is 9.74. The zero-order chi connectivity index (χ0) is 13.9. The highest BCUT2D eigenvalue weighted by Gasteiger charge is 2.24. The molecule has 1 atom stereocenters. The minimum absolute atomic E-state index is 0. The van der Waals surface area contributed by atoms with Gasteiger partial charge in [0.05, 0.1) is 30.6 Å². The molecule has 0 bridgehead atoms. The molecule has 21 heavy (non-hydrogen) atoms. The average Bonchev–Trinajstić information content (AvgIpc) is 2.82. The lowest BCUT2D eigenvalue weighted by Gasteiger charge is -2.22. The van der Waals surface area contributed by atoms with Crippen LogP contribution in [0.3, 0.4) is 0 Å². The van der Waals surface area contributed by atoms with Crippen molar-refractivity contribution in [2.24, 2.45) is 7.05 Å². The van der Waals surface area contributed by atoms with Crippen molar-refractivity contribution in [1.82, 2.24) is 25.3 Å². The maximum Gasteiger partial charge on any atom is 0.105 e. The third-order valence-electron chi connectivity index (χ3n) is 3.54. The van der Waals surface area contributed by atoms with Crippen LogP contribution in [0.5, 0.6) is 0 Å². The van der Waals surface area contributed by atoms with Crippen molar-refractivity contribution < 1.29 is 4.74 Å². The Bertz CT molecular complexity index is 601. The summed E-state index contributed by atoms with van der Waals surface area (Å²) in [6.45, 7) is 4.03. The molecule has 1 aliphatic rings. The molecule has 0 aromatic carbocycles. The van der Waals surface area contributed by atoms with Crippen LogP contribution >= 0.6 is 12.4 Å². The van der Waals surface area contributed by atoms with E-state index in [1.807, 2.05) is 36.9 Å². The summed E-state index contributed by atoms with van der Waals surface area (Å²) >= 11 is 0. The van der Waals surface area contributed by atoms with E-state index in [2.05, 4.69) is 20.6 Å². The zero-order valence-electron chi connectivity index (χ0n) is 12.2. The molecular weight excluding hydrogens is 290 g/mol. The van der Waals surface area contributed by atoms with E-state index in [0.717, 1.165) is 30.0 Å². The number of hydrogen-bond donors (Lipinski definition) is 1. The second-order valence-corrected chi connectivity index (χ2v) is 5.09. The molecule has 2 aromatic heterocycles. The summed E-state index contributed by atoms with van der Waals surface area (Å²) in [6.07, 6.45) is 0.967. The third-order valence-corrected chi connectivity index (χ3v) is 3.54. The minimum Gasteiger partial charge on any atom is -0.373 e. The normalized spacial score (nSPS) is 17.1. The van der Waals surface area contributed by atoms with Gasteiger partial charge in [-0.05, 0) is 19.1 Å². The number of hydrogen-bond acceptors (Lipinski definition) is 5. The number of rotatable bonds is 4. The van der Waals surface area contributed by atoms with Gasteiger partial charge in [-0.2, -0.15) is 0 Å². The number of ether oxygens (including phenoxy) is 1. The molecule has 0 amide bonds. The van der Waals surface area contributed by atoms with Crippen molar-refractivity contribution >= 4 is 12.4 Å². The van der Waals surface area contributed by atoms with E-state index in [0.29, 0.717) is 13.2 Å². The first kappa shape index (κ1) is 15.9. The predicted octanol–water partition coefficient (Wildman–Crippen LogP) is 1.34. The number of halogens is 1. The highest BCUT2D eigenvalue weighted by Crippen LogP contribution is 2.20. The SMILES string of the molecule is Cc1cccc(COCC2NCCc3c2nnn3C)n1.Cl. The Morgan fingerprint density at radius 3 is 3.10 bits per heavy atom. The minimum atomic E-state index is 0. The molecule has 1 unspecified atom stereocenters. The lowest BCUT2D eigenvalue weighted by atomic mass is 10.1. The maximum atomic E-state index is 5.78. The summed E-state index contributed by atoms with van der Waals surface area (Å²) in [7, 11) is 1.94. The number of aromatic nitrogens is 4. The Morgan fingerprint density at radius 2 is 2.29 bits per heavy atom. The molecule has 2 aromatic rings. The summed E-state index contributed by atoms with van der Waals surface area (Å²) in [4.78, 5) is 4.43. The van der Waals surface area contributed by atoms with Gasteiger partial charge in [0.25, 0.3) is 0 Å². The van der Waals surface area contributed by atoms with Gasteiger partial charge in [0.15, 0.2) is 0 Å². The van der Waals surface area contributed by atoms with Crippen molar-refractivity contribution in [2.75, 3.05) is 13.2 Å². The van der Waals surface area contributed by atoms with Gasteiger partial charge in [0.2, 0.25) is 0 Å². The lowest BCUT2D eigenvalue weighted by molar-refractivity contribution is 0.0935. The summed E-state index contributed by atoms with van der Waals surface area (Å²) in [5.41, 5.74) is 4.18. The fraction of sp³-hybridized carbons (Fsp3) is 0.500. The molecule has 6 nitrogen and oxygen atoms in total. The highest BCUT2D eigenvalue weighted by atomic mass is 35.5. The van der Waals surface area contributed by atoms with Crippen LogP contribution in [-0.2, 0) is 24.8 Å². The topological polar surface area (TPSA) is 64.9 Å². The van der Waals surface area contributed by atoms with Crippen molar-refractivity contribution in [3.05, 3.63) is 41.0 Å². The highest BCUT2D eigenvalue weighted by molar-refractivity contribution is 5.85. The van der Waals surface area contributed by atoms with E-state index in [9.17, 15) is 0 Å². The van der Waals surface area contributed by atoms with Crippen molar-refractivity contribution in [3.63, 3.8) is 0 Å². The summed E-state index contributed by atoms with van der Waals surface area (Å²) in [5.74, 6) is 0. The first-order valence-electron chi connectivity index (χ1n) is 6.86. The van der Waals surface area contributed by atoms with E-state index >= 15 is 0 Å². The standard InChI is InChI=1S/C14H19N5O.ClH/c1-10-4-3-5-11(16-10)8-20-9-12-14-13(6-7-15-12)19(2)18-17-14;/h3-5,12,15H,6-9H2,1-2H3;1H. The van der Waals surface area contributed by atoms with Crippen LogP contribution in [0.15, 0.2) is 18.2 Å². The van der Waals surface area contributed by atoms with Crippen LogP contribution < -0.4 is 5.32 Å². The van der Waals surface area contributed by atoms with Gasteiger partial charge in [-0.25, -0.2) is 0 Å². The van der Waals surface area contributed by atoms with Crippen LogP contribution in [0.4, 0.5) is 0 Å². The van der Waals surface area contributed by atoms with Crippen LogP contribution in [0.2, 0.25) is 0 Å². The van der Waals surface area contributed by atoms with Crippen molar-refractivity contribution in [3.8, 4) is 0 Å². The third kappa shape index (κ3) is 3.58. The van der Waals surface area contributed by atoms with Crippen LogP contribution in [0, 0.1) is 6.92 Å². The first-order valence-corrected chi connectivity index (χ1v) is 6.86. The second kappa shape index (κ2) is 6.98. The van der Waals surface area contributed by atoms with Gasteiger partial charge in [0, 0.05) is 25.7 Å². The van der Waals surface area contributed by atoms with Crippen LogP contribution in [0.25, 0.3) is 0 Å². The van der Waals surface area contributed by atoms with Gasteiger partial charge in [0.1, 0.15) is 5.69 Å². The largest absolute Gasteiger partial charge is 0.373 e. The van der Waals surface area contributed by atoms with Gasteiger partial charge in [-0.1, -0.05) is 11.3 Å². The maximum absolute atomic E-state index is 5.78. The number of pyridine rings is 1. The molecule has 0 fully saturated rings. The molecule has 0 radical (unpaired) electrons. The Hall–Kier alpha value is -1.50. The Labute approximate surface area is 130 Å². The number of nitrogens with one attached hydrogen (secondary N) is 1. The molecule has 3 heterocycles. The molecule has 3 rings (SSSR count). The monoisotopic (exact) mass is 309 g/mol. The van der Waals surface area contributed by atoms with Crippen LogP contribution in [-0.4, -0.2) is 33.1 Å². The molecule has 1 N–H and O–H groups in total. The molecule has 0 saturated carbocycles. The quantitative estimate of drug-likeness (QED) is 0.923. The lowest BCUT2D eigenvalue weighted by Crippen LogP contribution is -2.33. The van der Waals surface area contributed by atoms with Crippen molar-refractivity contribution in [2.45, 2.75) is 26.0 Å². The fourth-order valence-corrected chi connectivity index (χ4v) is 2.51. The molecule has 114 valence electrons. The summed E-state index contributed by atoms with van der Waals surface area (Å²) in [5, 5.41) is 11.7. The van der Waals surface area contributed by atoms with Crippen molar-refractivity contribution in [1.29, 1.82) is 0 Å². The molecule has 7 heteroatoms. The molecule has 0 aliphatic carbocycles. The summed E-state index contributed by atoms with van der Waals surface area (Å²) < 4.78 is 7.63. The molecule has 0 spiro atoms. The number of aryl methyl sites for hydroxylation is 2. The number of fused-ring (bicyclic) bond motifs is 1. The van der Waals surface area contributed by atoms with Gasteiger partial charge >= 0.3 is 0 Å². The predicted molar refractivity (Wildman–Crippen MR) is 81.3 cm³/mol. The fourth-order valence-electron chi connectivity index (χ4n) is 2.51. The zero-order valence-corrected chi connectivity index (χ0v) is 13.1. The molecule has 1 aliphatic heterocycles. The van der Waals surface area contributed by atoms with E-state index in [1.54, 1.807) is 0 Å².